The molecular formula is C26H20FNO2. The molecule has 3 aromatic rings. The Morgan fingerprint density at radius 3 is 1.97 bits per heavy atom. The van der Waals surface area contributed by atoms with Gasteiger partial charge in [-0.15, -0.1) is 0 Å². The molecule has 1 heterocycles. The maximum absolute atomic E-state index is 13.8. The minimum atomic E-state index is -0.534. The molecule has 4 heteroatoms. The first kappa shape index (κ1) is 17.6. The SMILES string of the molecule is CCC12c3ccccc3C(c3ccccc31)[C@H]1C(=O)N(c3ccc(F)cc3)C(=O)[C@H]12. The molecule has 0 spiro atoms. The summed E-state index contributed by atoms with van der Waals surface area (Å²) in [4.78, 5) is 28.8. The minimum absolute atomic E-state index is 0.141. The summed E-state index contributed by atoms with van der Waals surface area (Å²) in [6, 6.07) is 22.2. The van der Waals surface area contributed by atoms with E-state index >= 15 is 0 Å². The van der Waals surface area contributed by atoms with Gasteiger partial charge < -0.3 is 0 Å². The number of carbonyl (C=O) groups is 2. The monoisotopic (exact) mass is 397 g/mol. The number of imide groups is 1. The Labute approximate surface area is 174 Å². The van der Waals surface area contributed by atoms with E-state index < -0.39 is 17.3 Å². The van der Waals surface area contributed by atoms with Gasteiger partial charge in [-0.3, -0.25) is 9.59 Å². The molecule has 30 heavy (non-hydrogen) atoms. The molecule has 1 aliphatic heterocycles. The number of anilines is 1. The number of benzene rings is 3. The molecule has 0 saturated carbocycles. The smallest absolute Gasteiger partial charge is 0.238 e. The fourth-order valence-electron chi connectivity index (χ4n) is 6.37. The Hall–Kier alpha value is -3.27. The summed E-state index contributed by atoms with van der Waals surface area (Å²) in [5, 5.41) is 0. The van der Waals surface area contributed by atoms with Crippen LogP contribution >= 0.6 is 0 Å². The van der Waals surface area contributed by atoms with E-state index in [1.807, 2.05) is 24.3 Å². The molecule has 148 valence electrons. The second-order valence-corrected chi connectivity index (χ2v) is 8.47. The van der Waals surface area contributed by atoms with Gasteiger partial charge in [0.05, 0.1) is 17.5 Å². The molecule has 2 bridgehead atoms. The summed E-state index contributed by atoms with van der Waals surface area (Å²) in [7, 11) is 0. The van der Waals surface area contributed by atoms with Gasteiger partial charge in [-0.05, 0) is 52.9 Å². The van der Waals surface area contributed by atoms with E-state index in [-0.39, 0.29) is 23.5 Å². The number of hydrogen-bond donors (Lipinski definition) is 0. The van der Waals surface area contributed by atoms with Gasteiger partial charge in [-0.1, -0.05) is 55.5 Å². The van der Waals surface area contributed by atoms with Crippen molar-refractivity contribution in [2.75, 3.05) is 4.90 Å². The van der Waals surface area contributed by atoms with E-state index in [0.29, 0.717) is 5.69 Å². The largest absolute Gasteiger partial charge is 0.274 e. The second kappa shape index (κ2) is 5.88. The number of nitrogens with zero attached hydrogens (tertiary/aromatic N) is 1. The first-order valence-corrected chi connectivity index (χ1v) is 10.4. The number of amides is 2. The lowest BCUT2D eigenvalue weighted by atomic mass is 9.46. The van der Waals surface area contributed by atoms with Gasteiger partial charge in [0.15, 0.2) is 0 Å². The number of carbonyl (C=O) groups excluding carboxylic acids is 2. The van der Waals surface area contributed by atoms with E-state index in [2.05, 4.69) is 31.2 Å². The molecule has 0 N–H and O–H groups in total. The van der Waals surface area contributed by atoms with Crippen molar-refractivity contribution in [3.8, 4) is 0 Å². The van der Waals surface area contributed by atoms with E-state index in [4.69, 9.17) is 0 Å². The van der Waals surface area contributed by atoms with Crippen LogP contribution in [0.2, 0.25) is 0 Å². The Morgan fingerprint density at radius 1 is 0.833 bits per heavy atom. The quantitative estimate of drug-likeness (QED) is 0.583. The first-order valence-electron chi connectivity index (χ1n) is 10.4. The van der Waals surface area contributed by atoms with Gasteiger partial charge in [-0.2, -0.15) is 0 Å². The summed E-state index contributed by atoms with van der Waals surface area (Å²) in [5.41, 5.74) is 4.55. The zero-order chi connectivity index (χ0) is 20.6. The Balaban J connectivity index is 1.63. The molecule has 1 saturated heterocycles. The lowest BCUT2D eigenvalue weighted by Crippen LogP contribution is -2.53. The van der Waals surface area contributed by atoms with E-state index in [1.54, 1.807) is 0 Å². The van der Waals surface area contributed by atoms with Crippen molar-refractivity contribution in [3.05, 3.63) is 101 Å². The molecule has 7 rings (SSSR count). The molecule has 3 aromatic carbocycles. The molecular weight excluding hydrogens is 377 g/mol. The van der Waals surface area contributed by atoms with Gasteiger partial charge in [0.2, 0.25) is 11.8 Å². The van der Waals surface area contributed by atoms with Crippen molar-refractivity contribution < 1.29 is 14.0 Å². The summed E-state index contributed by atoms with van der Waals surface area (Å²) >= 11 is 0. The third kappa shape index (κ3) is 1.89. The number of hydrogen-bond acceptors (Lipinski definition) is 2. The molecule has 0 radical (unpaired) electrons. The van der Waals surface area contributed by atoms with Crippen molar-refractivity contribution in [1.29, 1.82) is 0 Å². The molecule has 2 atom stereocenters. The van der Waals surface area contributed by atoms with Crippen LogP contribution in [0.4, 0.5) is 10.1 Å². The molecule has 3 nitrogen and oxygen atoms in total. The topological polar surface area (TPSA) is 37.4 Å². The molecule has 0 aromatic heterocycles. The Kier molecular flexibility index (Phi) is 3.45. The summed E-state index contributed by atoms with van der Waals surface area (Å²) in [5.74, 6) is -1.77. The lowest BCUT2D eigenvalue weighted by Gasteiger charge is -2.54. The minimum Gasteiger partial charge on any atom is -0.274 e. The maximum Gasteiger partial charge on any atom is 0.238 e. The Bertz CT molecular complexity index is 1170. The van der Waals surface area contributed by atoms with E-state index in [0.717, 1.165) is 17.5 Å². The number of halogens is 1. The van der Waals surface area contributed by atoms with Gasteiger partial charge in [0.25, 0.3) is 0 Å². The zero-order valence-corrected chi connectivity index (χ0v) is 16.5. The lowest BCUT2D eigenvalue weighted by molar-refractivity contribution is -0.123. The van der Waals surface area contributed by atoms with Gasteiger partial charge >= 0.3 is 0 Å². The van der Waals surface area contributed by atoms with Crippen LogP contribution in [0.15, 0.2) is 72.8 Å². The van der Waals surface area contributed by atoms with Gasteiger partial charge in [-0.25, -0.2) is 9.29 Å². The summed E-state index contributed by atoms with van der Waals surface area (Å²) < 4.78 is 13.5. The third-order valence-corrected chi connectivity index (χ3v) is 7.44. The van der Waals surface area contributed by atoms with Gasteiger partial charge in [0.1, 0.15) is 5.82 Å². The third-order valence-electron chi connectivity index (χ3n) is 7.44. The average molecular weight is 397 g/mol. The van der Waals surface area contributed by atoms with Crippen molar-refractivity contribution >= 4 is 17.5 Å². The summed E-state index contributed by atoms with van der Waals surface area (Å²) in [6.45, 7) is 2.11. The zero-order valence-electron chi connectivity index (χ0n) is 16.5. The number of rotatable bonds is 2. The van der Waals surface area contributed by atoms with Crippen molar-refractivity contribution in [2.45, 2.75) is 24.7 Å². The first-order chi connectivity index (χ1) is 14.6. The van der Waals surface area contributed by atoms with Gasteiger partial charge in [0, 0.05) is 11.3 Å². The summed E-state index contributed by atoms with van der Waals surface area (Å²) in [6.07, 6.45) is 0.727. The van der Waals surface area contributed by atoms with E-state index in [9.17, 15) is 14.0 Å². The molecule has 0 unspecified atom stereocenters. The van der Waals surface area contributed by atoms with Crippen LogP contribution in [0.25, 0.3) is 0 Å². The van der Waals surface area contributed by atoms with Crippen LogP contribution in [0.5, 0.6) is 0 Å². The highest BCUT2D eigenvalue weighted by molar-refractivity contribution is 6.23. The highest BCUT2D eigenvalue weighted by Crippen LogP contribution is 2.65. The van der Waals surface area contributed by atoms with Crippen molar-refractivity contribution in [1.82, 2.24) is 0 Å². The maximum atomic E-state index is 13.8. The fourth-order valence-corrected chi connectivity index (χ4v) is 6.37. The highest BCUT2D eigenvalue weighted by atomic mass is 19.1. The predicted molar refractivity (Wildman–Crippen MR) is 112 cm³/mol. The second-order valence-electron chi connectivity index (χ2n) is 8.47. The van der Waals surface area contributed by atoms with Crippen molar-refractivity contribution in [3.63, 3.8) is 0 Å². The highest BCUT2D eigenvalue weighted by Gasteiger charge is 2.67. The van der Waals surface area contributed by atoms with Crippen LogP contribution < -0.4 is 4.90 Å². The average Bonchev–Trinajstić information content (AvgIpc) is 3.05. The van der Waals surface area contributed by atoms with Crippen LogP contribution in [0.3, 0.4) is 0 Å². The van der Waals surface area contributed by atoms with Crippen LogP contribution in [0.1, 0.15) is 41.5 Å². The standard InChI is InChI=1S/C26H20FNO2/c1-2-26-19-9-5-3-7-17(19)21(18-8-4-6-10-20(18)26)22-23(26)25(30)28(24(22)29)16-13-11-15(27)12-14-16/h3-14,21-23H,2H2,1H3/t21?,22-,23+,26?/m1/s1. The van der Waals surface area contributed by atoms with Crippen LogP contribution in [0, 0.1) is 17.7 Å². The molecule has 3 aliphatic carbocycles. The van der Waals surface area contributed by atoms with Crippen molar-refractivity contribution in [2.24, 2.45) is 11.8 Å². The normalized spacial score (nSPS) is 28.3. The van der Waals surface area contributed by atoms with E-state index in [1.165, 1.54) is 40.3 Å². The molecule has 4 aliphatic rings. The van der Waals surface area contributed by atoms with Crippen LogP contribution in [-0.2, 0) is 15.0 Å². The predicted octanol–water partition coefficient (Wildman–Crippen LogP) is 4.79. The molecule has 2 amide bonds. The Morgan fingerprint density at radius 2 is 1.40 bits per heavy atom. The molecule has 1 fully saturated rings. The fraction of sp³-hybridized carbons (Fsp3) is 0.231. The van der Waals surface area contributed by atoms with Crippen LogP contribution in [-0.4, -0.2) is 11.8 Å².